The lowest BCUT2D eigenvalue weighted by molar-refractivity contribution is -0.140. The van der Waals surface area contributed by atoms with Crippen molar-refractivity contribution in [2.45, 2.75) is 19.0 Å². The summed E-state index contributed by atoms with van der Waals surface area (Å²) in [4.78, 5) is 29.6. The average Bonchev–Trinajstić information content (AvgIpc) is 3.14. The summed E-state index contributed by atoms with van der Waals surface area (Å²) in [6, 6.07) is 12.8. The minimum absolute atomic E-state index is 0.0241. The van der Waals surface area contributed by atoms with Crippen LogP contribution >= 0.6 is 0 Å². The Labute approximate surface area is 192 Å². The van der Waals surface area contributed by atoms with Crippen molar-refractivity contribution in [3.05, 3.63) is 82.7 Å². The van der Waals surface area contributed by atoms with Crippen LogP contribution in [0, 0.1) is 0 Å². The van der Waals surface area contributed by atoms with Crippen LogP contribution in [0.15, 0.2) is 60.5 Å². The van der Waals surface area contributed by atoms with Crippen molar-refractivity contribution in [1.29, 1.82) is 0 Å². The number of halogens is 2. The van der Waals surface area contributed by atoms with Crippen LogP contribution < -0.4 is 14.2 Å². The van der Waals surface area contributed by atoms with Crippen LogP contribution in [-0.2, 0) is 9.53 Å². The van der Waals surface area contributed by atoms with E-state index >= 15 is 0 Å². The number of methoxy groups -OCH3 is 1. The number of pyridine rings is 1. The maximum absolute atomic E-state index is 13.1. The topological polar surface area (TPSA) is 84.0 Å². The van der Waals surface area contributed by atoms with Gasteiger partial charge in [0, 0.05) is 28.8 Å². The normalized spacial score (nSPS) is 16.9. The summed E-state index contributed by atoms with van der Waals surface area (Å²) >= 11 is 0. The van der Waals surface area contributed by atoms with Crippen LogP contribution in [0.1, 0.15) is 39.4 Å². The Bertz CT molecular complexity index is 1340. The molecule has 1 atom stereocenters. The summed E-state index contributed by atoms with van der Waals surface area (Å²) in [5, 5.41) is 0. The lowest BCUT2D eigenvalue weighted by Gasteiger charge is -2.27. The number of carbonyl (C=O) groups is 2. The van der Waals surface area contributed by atoms with Crippen molar-refractivity contribution >= 4 is 17.8 Å². The molecule has 0 radical (unpaired) electrons. The number of benzene rings is 2. The minimum atomic E-state index is -3.02. The highest BCUT2D eigenvalue weighted by atomic mass is 19.3. The maximum atomic E-state index is 13.1. The second-order valence-corrected chi connectivity index (χ2v) is 7.54. The second kappa shape index (κ2) is 8.58. The number of fused-ring (bicyclic) bond motifs is 4. The van der Waals surface area contributed by atoms with Crippen molar-refractivity contribution in [3.63, 3.8) is 0 Å². The summed E-state index contributed by atoms with van der Waals surface area (Å²) < 4.78 is 46.9. The van der Waals surface area contributed by atoms with E-state index in [1.807, 2.05) is 0 Å². The molecule has 0 fully saturated rings. The molecular weight excluding hydrogens is 448 g/mol. The number of para-hydroxylation sites is 1. The van der Waals surface area contributed by atoms with E-state index in [1.54, 1.807) is 42.6 Å². The van der Waals surface area contributed by atoms with Crippen molar-refractivity contribution in [1.82, 2.24) is 4.98 Å². The SMILES string of the molecule is COC(=O)CC1c2cccnc2Oc2ccc3c(c21)OC(=Cc1ccccc1OC(F)F)C3=O. The number of carbonyl (C=O) groups excluding carboxylic acids is 2. The number of hydrogen-bond acceptors (Lipinski definition) is 7. The molecule has 0 saturated heterocycles. The number of ketones is 1. The molecule has 3 aromatic rings. The van der Waals surface area contributed by atoms with Crippen molar-refractivity contribution in [2.24, 2.45) is 0 Å². The first-order chi connectivity index (χ1) is 16.5. The molecule has 0 spiro atoms. The number of rotatable bonds is 5. The predicted octanol–water partition coefficient (Wildman–Crippen LogP) is 5.10. The number of nitrogens with zero attached hydrogens (tertiary/aromatic N) is 1. The maximum Gasteiger partial charge on any atom is 0.387 e. The molecule has 0 saturated carbocycles. The summed E-state index contributed by atoms with van der Waals surface area (Å²) in [5.74, 6) is -0.590. The van der Waals surface area contributed by atoms with Crippen LogP contribution in [0.25, 0.3) is 6.08 Å². The first-order valence-electron chi connectivity index (χ1n) is 10.3. The molecule has 0 aliphatic carbocycles. The molecule has 172 valence electrons. The van der Waals surface area contributed by atoms with E-state index in [0.717, 1.165) is 0 Å². The van der Waals surface area contributed by atoms with Gasteiger partial charge >= 0.3 is 12.6 Å². The number of alkyl halides is 2. The zero-order valence-electron chi connectivity index (χ0n) is 17.8. The van der Waals surface area contributed by atoms with Crippen LogP contribution in [0.4, 0.5) is 8.78 Å². The van der Waals surface area contributed by atoms with E-state index < -0.39 is 24.3 Å². The van der Waals surface area contributed by atoms with Gasteiger partial charge in [0.2, 0.25) is 11.7 Å². The van der Waals surface area contributed by atoms with E-state index in [4.69, 9.17) is 14.2 Å². The summed E-state index contributed by atoms with van der Waals surface area (Å²) in [5.41, 5.74) is 1.68. The van der Waals surface area contributed by atoms with Crippen LogP contribution in [-0.4, -0.2) is 30.5 Å². The number of esters is 1. The zero-order chi connectivity index (χ0) is 23.8. The van der Waals surface area contributed by atoms with Crippen LogP contribution in [0.3, 0.4) is 0 Å². The molecule has 0 bridgehead atoms. The molecule has 9 heteroatoms. The molecule has 0 N–H and O–H groups in total. The van der Waals surface area contributed by atoms with Gasteiger partial charge in [0.05, 0.1) is 19.1 Å². The molecule has 2 aliphatic rings. The molecule has 34 heavy (non-hydrogen) atoms. The lowest BCUT2D eigenvalue weighted by Crippen LogP contribution is -2.16. The van der Waals surface area contributed by atoms with Gasteiger partial charge in [0.25, 0.3) is 0 Å². The minimum Gasteiger partial charge on any atom is -0.469 e. The van der Waals surface area contributed by atoms with E-state index in [0.29, 0.717) is 22.8 Å². The monoisotopic (exact) mass is 465 g/mol. The van der Waals surface area contributed by atoms with Crippen LogP contribution in [0.2, 0.25) is 0 Å². The van der Waals surface area contributed by atoms with Gasteiger partial charge in [-0.15, -0.1) is 0 Å². The van der Waals surface area contributed by atoms with Gasteiger partial charge in [-0.1, -0.05) is 24.3 Å². The molecule has 7 nitrogen and oxygen atoms in total. The fraction of sp³-hybridized carbons (Fsp3) is 0.160. The fourth-order valence-corrected chi connectivity index (χ4v) is 4.09. The summed E-state index contributed by atoms with van der Waals surface area (Å²) in [6.07, 6.45) is 2.90. The Kier molecular flexibility index (Phi) is 5.45. The van der Waals surface area contributed by atoms with Gasteiger partial charge in [-0.2, -0.15) is 8.78 Å². The number of allylic oxidation sites excluding steroid dienone is 1. The average molecular weight is 465 g/mol. The standard InChI is InChI=1S/C25H17F2NO6/c1-31-20(29)12-16-14-6-4-10-28-24(14)33-18-9-8-15-22(30)19(32-23(15)21(16)18)11-13-5-2-3-7-17(13)34-25(26)27/h2-11,16,25H,12H2,1H3. The largest absolute Gasteiger partial charge is 0.469 e. The highest BCUT2D eigenvalue weighted by Gasteiger charge is 2.39. The highest BCUT2D eigenvalue weighted by Crippen LogP contribution is 2.52. The molecule has 1 aromatic heterocycles. The Morgan fingerprint density at radius 1 is 1.15 bits per heavy atom. The van der Waals surface area contributed by atoms with Gasteiger partial charge < -0.3 is 18.9 Å². The molecule has 2 aliphatic heterocycles. The lowest BCUT2D eigenvalue weighted by atomic mass is 9.85. The van der Waals surface area contributed by atoms with Gasteiger partial charge in [-0.3, -0.25) is 9.59 Å². The van der Waals surface area contributed by atoms with Crippen molar-refractivity contribution < 1.29 is 37.3 Å². The van der Waals surface area contributed by atoms with Crippen molar-refractivity contribution in [2.75, 3.05) is 7.11 Å². The Morgan fingerprint density at radius 2 is 1.97 bits per heavy atom. The summed E-state index contributed by atoms with van der Waals surface area (Å²) in [7, 11) is 1.29. The van der Waals surface area contributed by atoms with Gasteiger partial charge in [0.1, 0.15) is 17.2 Å². The van der Waals surface area contributed by atoms with Gasteiger partial charge in [0.15, 0.2) is 5.76 Å². The zero-order valence-corrected chi connectivity index (χ0v) is 17.8. The highest BCUT2D eigenvalue weighted by molar-refractivity contribution is 6.15. The van der Waals surface area contributed by atoms with Crippen LogP contribution in [0.5, 0.6) is 23.1 Å². The molecule has 0 amide bonds. The van der Waals surface area contributed by atoms with Crippen molar-refractivity contribution in [3.8, 4) is 23.1 Å². The smallest absolute Gasteiger partial charge is 0.387 e. The predicted molar refractivity (Wildman–Crippen MR) is 115 cm³/mol. The molecule has 2 aromatic carbocycles. The third kappa shape index (κ3) is 3.75. The first-order valence-corrected chi connectivity index (χ1v) is 10.3. The number of Topliss-reactive ketones (excluding diaryl/α,β-unsaturated/α-hetero) is 1. The van der Waals surface area contributed by atoms with E-state index in [1.165, 1.54) is 25.3 Å². The van der Waals surface area contributed by atoms with E-state index in [9.17, 15) is 18.4 Å². The molecule has 5 rings (SSSR count). The molecular formula is C25H17F2NO6. The second-order valence-electron chi connectivity index (χ2n) is 7.54. The third-order valence-electron chi connectivity index (χ3n) is 5.59. The Balaban J connectivity index is 1.59. The Hall–Kier alpha value is -4.27. The van der Waals surface area contributed by atoms with E-state index in [-0.39, 0.29) is 34.8 Å². The molecule has 1 unspecified atom stereocenters. The summed E-state index contributed by atoms with van der Waals surface area (Å²) in [6.45, 7) is -3.02. The first kappa shape index (κ1) is 21.6. The Morgan fingerprint density at radius 3 is 2.76 bits per heavy atom. The number of hydrogen-bond donors (Lipinski definition) is 0. The molecule has 3 heterocycles. The quantitative estimate of drug-likeness (QED) is 0.383. The third-order valence-corrected chi connectivity index (χ3v) is 5.59. The van der Waals surface area contributed by atoms with Gasteiger partial charge in [-0.25, -0.2) is 4.98 Å². The number of ether oxygens (including phenoxy) is 4. The van der Waals surface area contributed by atoms with E-state index in [2.05, 4.69) is 9.72 Å². The fourth-order valence-electron chi connectivity index (χ4n) is 4.09. The van der Waals surface area contributed by atoms with Gasteiger partial charge in [-0.05, 0) is 30.3 Å². The number of aromatic nitrogens is 1.